The minimum absolute atomic E-state index is 0.130. The Kier molecular flexibility index (Phi) is 6.01. The normalized spacial score (nSPS) is 16.1. The number of nitrogens with zero attached hydrogens (tertiary/aromatic N) is 2. The fourth-order valence-electron chi connectivity index (χ4n) is 4.08. The lowest BCUT2D eigenvalue weighted by Crippen LogP contribution is -2.30. The molecule has 7 heteroatoms. The Labute approximate surface area is 176 Å². The number of aryl methyl sites for hydroxylation is 1. The molecular formula is C23H28N2O5. The highest BCUT2D eigenvalue weighted by molar-refractivity contribution is 6.13. The highest BCUT2D eigenvalue weighted by atomic mass is 16.5. The second-order valence-corrected chi connectivity index (χ2v) is 8.12. The SMILES string of the molecule is CCOC(=O)c1c(C)nc2c(c1-c1cc(OC)ccc1OC)/C(=N/O)CC(C)(C)C2. The standard InChI is InChI=1S/C23H28N2O5/c1-7-30-22(26)19-13(2)24-16-11-23(3,4)12-17(25-27)21(16)20(19)15-10-14(28-5)8-9-18(15)29-6/h8-10,27H,7,11-12H2,1-6H3/b25-17+. The van der Waals surface area contributed by atoms with E-state index in [2.05, 4.69) is 19.0 Å². The number of carbonyl (C=O) groups excluding carboxylic acids is 1. The second kappa shape index (κ2) is 8.34. The van der Waals surface area contributed by atoms with Crippen LogP contribution in [0.15, 0.2) is 23.4 Å². The summed E-state index contributed by atoms with van der Waals surface area (Å²) in [5.41, 5.74) is 3.93. The van der Waals surface area contributed by atoms with Crippen molar-refractivity contribution in [2.75, 3.05) is 20.8 Å². The van der Waals surface area contributed by atoms with Crippen LogP contribution in [0.4, 0.5) is 0 Å². The zero-order valence-corrected chi connectivity index (χ0v) is 18.3. The van der Waals surface area contributed by atoms with Gasteiger partial charge in [-0.3, -0.25) is 4.98 Å². The molecule has 0 spiro atoms. The van der Waals surface area contributed by atoms with Crippen LogP contribution in [0, 0.1) is 12.3 Å². The maximum Gasteiger partial charge on any atom is 0.340 e. The molecular weight excluding hydrogens is 384 g/mol. The van der Waals surface area contributed by atoms with Gasteiger partial charge in [-0.15, -0.1) is 0 Å². The largest absolute Gasteiger partial charge is 0.497 e. The van der Waals surface area contributed by atoms with Gasteiger partial charge in [-0.25, -0.2) is 4.79 Å². The third kappa shape index (κ3) is 3.84. The molecule has 0 aliphatic heterocycles. The number of rotatable bonds is 5. The molecule has 1 aromatic carbocycles. The molecule has 1 aliphatic carbocycles. The monoisotopic (exact) mass is 412 g/mol. The summed E-state index contributed by atoms with van der Waals surface area (Å²) in [7, 11) is 3.15. The van der Waals surface area contributed by atoms with Gasteiger partial charge in [0.2, 0.25) is 0 Å². The molecule has 3 rings (SSSR count). The first kappa shape index (κ1) is 21.6. The molecule has 0 fully saturated rings. The van der Waals surface area contributed by atoms with Crippen molar-refractivity contribution in [3.05, 3.63) is 40.7 Å². The molecule has 7 nitrogen and oxygen atoms in total. The van der Waals surface area contributed by atoms with Crippen molar-refractivity contribution in [2.24, 2.45) is 10.6 Å². The number of pyridine rings is 1. The molecule has 2 aromatic rings. The van der Waals surface area contributed by atoms with E-state index in [0.717, 1.165) is 5.69 Å². The predicted octanol–water partition coefficient (Wildman–Crippen LogP) is 4.40. The number of carbonyl (C=O) groups is 1. The van der Waals surface area contributed by atoms with Crippen LogP contribution >= 0.6 is 0 Å². The van der Waals surface area contributed by atoms with Crippen molar-refractivity contribution in [3.8, 4) is 22.6 Å². The first-order valence-corrected chi connectivity index (χ1v) is 9.90. The van der Waals surface area contributed by atoms with Gasteiger partial charge < -0.3 is 19.4 Å². The summed E-state index contributed by atoms with van der Waals surface area (Å²) in [5, 5.41) is 13.5. The number of fused-ring (bicyclic) bond motifs is 1. The molecule has 1 N–H and O–H groups in total. The lowest BCUT2D eigenvalue weighted by Gasteiger charge is -2.33. The molecule has 0 saturated heterocycles. The zero-order chi connectivity index (χ0) is 22.1. The van der Waals surface area contributed by atoms with E-state index in [0.29, 0.717) is 58.0 Å². The van der Waals surface area contributed by atoms with E-state index in [1.54, 1.807) is 40.2 Å². The number of ether oxygens (including phenoxy) is 3. The molecule has 0 bridgehead atoms. The fraction of sp³-hybridized carbons (Fsp3) is 0.435. The molecule has 160 valence electrons. The molecule has 1 heterocycles. The lowest BCUT2D eigenvalue weighted by atomic mass is 9.72. The van der Waals surface area contributed by atoms with Crippen LogP contribution in [0.25, 0.3) is 11.1 Å². The molecule has 0 unspecified atom stereocenters. The van der Waals surface area contributed by atoms with Gasteiger partial charge in [-0.2, -0.15) is 0 Å². The van der Waals surface area contributed by atoms with Gasteiger partial charge in [0, 0.05) is 16.7 Å². The predicted molar refractivity (Wildman–Crippen MR) is 114 cm³/mol. The topological polar surface area (TPSA) is 90.2 Å². The summed E-state index contributed by atoms with van der Waals surface area (Å²) in [6.45, 7) is 7.98. The summed E-state index contributed by atoms with van der Waals surface area (Å²) in [4.78, 5) is 17.7. The second-order valence-electron chi connectivity index (χ2n) is 8.12. The van der Waals surface area contributed by atoms with Crippen LogP contribution in [0.2, 0.25) is 0 Å². The molecule has 0 saturated carbocycles. The van der Waals surface area contributed by atoms with Crippen LogP contribution in [0.1, 0.15) is 54.5 Å². The van der Waals surface area contributed by atoms with E-state index < -0.39 is 5.97 Å². The summed E-state index contributed by atoms with van der Waals surface area (Å²) in [6, 6.07) is 5.39. The van der Waals surface area contributed by atoms with E-state index in [9.17, 15) is 10.0 Å². The van der Waals surface area contributed by atoms with E-state index in [1.807, 2.05) is 6.07 Å². The van der Waals surface area contributed by atoms with Crippen LogP contribution in [0.5, 0.6) is 11.5 Å². The van der Waals surface area contributed by atoms with Crippen molar-refractivity contribution in [3.63, 3.8) is 0 Å². The van der Waals surface area contributed by atoms with Crippen molar-refractivity contribution in [1.29, 1.82) is 0 Å². The molecule has 1 aromatic heterocycles. The Hall–Kier alpha value is -3.09. The third-order valence-corrected chi connectivity index (χ3v) is 5.31. The fourth-order valence-corrected chi connectivity index (χ4v) is 4.08. The lowest BCUT2D eigenvalue weighted by molar-refractivity contribution is 0.0526. The molecule has 0 radical (unpaired) electrons. The number of aromatic nitrogens is 1. The summed E-state index contributed by atoms with van der Waals surface area (Å²) in [5.74, 6) is 0.700. The Morgan fingerprint density at radius 3 is 2.53 bits per heavy atom. The Bertz CT molecular complexity index is 1010. The van der Waals surface area contributed by atoms with Gasteiger partial charge in [-0.1, -0.05) is 19.0 Å². The average Bonchev–Trinajstić information content (AvgIpc) is 2.70. The number of benzene rings is 1. The van der Waals surface area contributed by atoms with Gasteiger partial charge in [-0.05, 0) is 50.3 Å². The number of esters is 1. The van der Waals surface area contributed by atoms with Crippen molar-refractivity contribution in [2.45, 2.75) is 40.5 Å². The van der Waals surface area contributed by atoms with Crippen molar-refractivity contribution in [1.82, 2.24) is 4.98 Å². The van der Waals surface area contributed by atoms with E-state index in [1.165, 1.54) is 0 Å². The van der Waals surface area contributed by atoms with Gasteiger partial charge in [0.05, 0.1) is 43.5 Å². The van der Waals surface area contributed by atoms with E-state index in [-0.39, 0.29) is 12.0 Å². The van der Waals surface area contributed by atoms with Gasteiger partial charge in [0.25, 0.3) is 0 Å². The van der Waals surface area contributed by atoms with Crippen molar-refractivity contribution >= 4 is 11.7 Å². The molecule has 0 atom stereocenters. The van der Waals surface area contributed by atoms with Gasteiger partial charge in [0.15, 0.2) is 0 Å². The van der Waals surface area contributed by atoms with Crippen LogP contribution in [-0.2, 0) is 11.2 Å². The minimum Gasteiger partial charge on any atom is -0.497 e. The van der Waals surface area contributed by atoms with E-state index in [4.69, 9.17) is 19.2 Å². The van der Waals surface area contributed by atoms with Crippen molar-refractivity contribution < 1.29 is 24.2 Å². The maximum absolute atomic E-state index is 13.0. The first-order valence-electron chi connectivity index (χ1n) is 9.90. The average molecular weight is 412 g/mol. The molecule has 30 heavy (non-hydrogen) atoms. The molecule has 0 amide bonds. The first-order chi connectivity index (χ1) is 14.3. The van der Waals surface area contributed by atoms with Gasteiger partial charge in [0.1, 0.15) is 11.5 Å². The highest BCUT2D eigenvalue weighted by Gasteiger charge is 2.36. The van der Waals surface area contributed by atoms with Crippen LogP contribution in [-0.4, -0.2) is 42.7 Å². The summed E-state index contributed by atoms with van der Waals surface area (Å²) >= 11 is 0. The van der Waals surface area contributed by atoms with Crippen LogP contribution < -0.4 is 9.47 Å². The summed E-state index contributed by atoms with van der Waals surface area (Å²) in [6.07, 6.45) is 1.23. The molecule has 1 aliphatic rings. The van der Waals surface area contributed by atoms with E-state index >= 15 is 0 Å². The third-order valence-electron chi connectivity index (χ3n) is 5.31. The Morgan fingerprint density at radius 2 is 1.93 bits per heavy atom. The minimum atomic E-state index is -0.479. The zero-order valence-electron chi connectivity index (χ0n) is 18.3. The quantitative estimate of drug-likeness (QED) is 0.445. The van der Waals surface area contributed by atoms with Gasteiger partial charge >= 0.3 is 5.97 Å². The highest BCUT2D eigenvalue weighted by Crippen LogP contribution is 2.44. The summed E-state index contributed by atoms with van der Waals surface area (Å²) < 4.78 is 16.4. The number of oxime groups is 1. The Balaban J connectivity index is 2.46. The Morgan fingerprint density at radius 1 is 1.20 bits per heavy atom. The number of hydrogen-bond acceptors (Lipinski definition) is 7. The van der Waals surface area contributed by atoms with Crippen LogP contribution in [0.3, 0.4) is 0 Å². The maximum atomic E-state index is 13.0. The smallest absolute Gasteiger partial charge is 0.340 e. The number of methoxy groups -OCH3 is 2. The number of hydrogen-bond donors (Lipinski definition) is 1.